The minimum Gasteiger partial charge on any atom is -0.486 e. The Morgan fingerprint density at radius 1 is 0.920 bits per heavy atom. The first kappa shape index (κ1) is 17.8. The van der Waals surface area contributed by atoms with Gasteiger partial charge in [0.15, 0.2) is 11.5 Å². The standard InChI is InChI=1S/C19H23NO4S/c1-3-14-5-6-15(4-2)16(11-14)13-20-25(21,22)17-7-8-18-19(12-17)24-10-9-23-18/h5-8,11-12,20H,3-4,9-10,13H2,1-2H3. The molecule has 1 aliphatic heterocycles. The Balaban J connectivity index is 1.80. The lowest BCUT2D eigenvalue weighted by atomic mass is 10.0. The van der Waals surface area contributed by atoms with Crippen molar-refractivity contribution < 1.29 is 17.9 Å². The highest BCUT2D eigenvalue weighted by atomic mass is 32.2. The molecule has 0 saturated carbocycles. The fraction of sp³-hybridized carbons (Fsp3) is 0.368. The predicted octanol–water partition coefficient (Wildman–Crippen LogP) is 3.06. The van der Waals surface area contributed by atoms with Crippen LogP contribution >= 0.6 is 0 Å². The Hall–Kier alpha value is -2.05. The van der Waals surface area contributed by atoms with Gasteiger partial charge in [0.1, 0.15) is 13.2 Å². The van der Waals surface area contributed by atoms with Crippen molar-refractivity contribution in [2.45, 2.75) is 38.1 Å². The fourth-order valence-corrected chi connectivity index (χ4v) is 3.88. The molecule has 1 N–H and O–H groups in total. The lowest BCUT2D eigenvalue weighted by Crippen LogP contribution is -2.24. The van der Waals surface area contributed by atoms with Crippen molar-refractivity contribution in [3.63, 3.8) is 0 Å². The lowest BCUT2D eigenvalue weighted by Gasteiger charge is -2.19. The summed E-state index contributed by atoms with van der Waals surface area (Å²) in [4.78, 5) is 0.182. The van der Waals surface area contributed by atoms with E-state index in [0.717, 1.165) is 24.0 Å². The summed E-state index contributed by atoms with van der Waals surface area (Å²) >= 11 is 0. The molecule has 1 aliphatic rings. The highest BCUT2D eigenvalue weighted by Crippen LogP contribution is 2.32. The smallest absolute Gasteiger partial charge is 0.241 e. The number of sulfonamides is 1. The van der Waals surface area contributed by atoms with Gasteiger partial charge in [-0.05, 0) is 41.7 Å². The second-order valence-corrected chi connectivity index (χ2v) is 7.71. The molecule has 0 spiro atoms. The minimum absolute atomic E-state index is 0.182. The zero-order valence-electron chi connectivity index (χ0n) is 14.5. The third-order valence-corrected chi connectivity index (χ3v) is 5.74. The zero-order chi connectivity index (χ0) is 17.9. The van der Waals surface area contributed by atoms with E-state index in [9.17, 15) is 8.42 Å². The Kier molecular flexibility index (Phi) is 5.30. The van der Waals surface area contributed by atoms with Crippen molar-refractivity contribution in [1.82, 2.24) is 4.72 Å². The molecule has 0 fully saturated rings. The summed E-state index contributed by atoms with van der Waals surface area (Å²) in [7, 11) is -3.62. The lowest BCUT2D eigenvalue weighted by molar-refractivity contribution is 0.171. The molecule has 0 unspecified atom stereocenters. The van der Waals surface area contributed by atoms with Gasteiger partial charge in [-0.3, -0.25) is 0 Å². The molecule has 2 aromatic rings. The predicted molar refractivity (Wildman–Crippen MR) is 96.7 cm³/mol. The van der Waals surface area contributed by atoms with E-state index in [2.05, 4.69) is 36.8 Å². The van der Waals surface area contributed by atoms with Gasteiger partial charge in [-0.1, -0.05) is 32.0 Å². The average Bonchev–Trinajstić information content (AvgIpc) is 2.65. The van der Waals surface area contributed by atoms with E-state index < -0.39 is 10.0 Å². The fourth-order valence-electron chi connectivity index (χ4n) is 2.86. The largest absolute Gasteiger partial charge is 0.486 e. The van der Waals surface area contributed by atoms with E-state index in [1.807, 2.05) is 0 Å². The van der Waals surface area contributed by atoms with Gasteiger partial charge in [-0.2, -0.15) is 0 Å². The summed E-state index contributed by atoms with van der Waals surface area (Å²) in [6.45, 7) is 5.33. The Labute approximate surface area is 149 Å². The normalized spacial score (nSPS) is 13.7. The molecule has 0 atom stereocenters. The van der Waals surface area contributed by atoms with E-state index in [4.69, 9.17) is 9.47 Å². The van der Waals surface area contributed by atoms with Gasteiger partial charge in [-0.25, -0.2) is 13.1 Å². The number of nitrogens with one attached hydrogen (secondary N) is 1. The maximum absolute atomic E-state index is 12.6. The van der Waals surface area contributed by atoms with Gasteiger partial charge in [0, 0.05) is 12.6 Å². The molecule has 1 heterocycles. The summed E-state index contributed by atoms with van der Waals surface area (Å²) in [6, 6.07) is 10.9. The monoisotopic (exact) mass is 361 g/mol. The average molecular weight is 361 g/mol. The van der Waals surface area contributed by atoms with Crippen molar-refractivity contribution in [3.8, 4) is 11.5 Å². The second-order valence-electron chi connectivity index (χ2n) is 5.94. The SMILES string of the molecule is CCc1ccc(CC)c(CNS(=O)(=O)c2ccc3c(c2)OCCO3)c1. The maximum Gasteiger partial charge on any atom is 0.241 e. The molecular weight excluding hydrogens is 338 g/mol. The minimum atomic E-state index is -3.62. The van der Waals surface area contributed by atoms with Gasteiger partial charge in [-0.15, -0.1) is 0 Å². The van der Waals surface area contributed by atoms with Crippen LogP contribution in [0.15, 0.2) is 41.3 Å². The first-order chi connectivity index (χ1) is 12.0. The van der Waals surface area contributed by atoms with Crippen molar-refractivity contribution in [2.75, 3.05) is 13.2 Å². The van der Waals surface area contributed by atoms with Crippen LogP contribution in [0.1, 0.15) is 30.5 Å². The van der Waals surface area contributed by atoms with Gasteiger partial charge in [0.25, 0.3) is 0 Å². The van der Waals surface area contributed by atoms with Crippen LogP contribution in [-0.4, -0.2) is 21.6 Å². The van der Waals surface area contributed by atoms with Crippen LogP contribution in [0.3, 0.4) is 0 Å². The van der Waals surface area contributed by atoms with Gasteiger partial charge < -0.3 is 9.47 Å². The van der Waals surface area contributed by atoms with E-state index in [-0.39, 0.29) is 11.4 Å². The number of fused-ring (bicyclic) bond motifs is 1. The third kappa shape index (κ3) is 3.96. The number of benzene rings is 2. The van der Waals surface area contributed by atoms with Crippen molar-refractivity contribution >= 4 is 10.0 Å². The molecule has 0 saturated heterocycles. The van der Waals surface area contributed by atoms with E-state index >= 15 is 0 Å². The van der Waals surface area contributed by atoms with Crippen LogP contribution in [0.5, 0.6) is 11.5 Å². The third-order valence-electron chi connectivity index (χ3n) is 4.34. The molecule has 3 rings (SSSR count). The van der Waals surface area contributed by atoms with Crippen LogP contribution < -0.4 is 14.2 Å². The van der Waals surface area contributed by atoms with E-state index in [0.29, 0.717) is 24.7 Å². The molecule has 0 aromatic heterocycles. The maximum atomic E-state index is 12.6. The first-order valence-electron chi connectivity index (χ1n) is 8.53. The molecule has 2 aromatic carbocycles. The molecule has 0 amide bonds. The quantitative estimate of drug-likeness (QED) is 0.859. The Morgan fingerprint density at radius 3 is 2.40 bits per heavy atom. The Morgan fingerprint density at radius 2 is 1.68 bits per heavy atom. The van der Waals surface area contributed by atoms with Crippen LogP contribution in [-0.2, 0) is 29.4 Å². The number of hydrogen-bond donors (Lipinski definition) is 1. The number of aryl methyl sites for hydroxylation is 2. The van der Waals surface area contributed by atoms with Crippen LogP contribution in [0.2, 0.25) is 0 Å². The molecular formula is C19H23NO4S. The summed E-state index contributed by atoms with van der Waals surface area (Å²) in [5.41, 5.74) is 3.37. The van der Waals surface area contributed by atoms with Crippen LogP contribution in [0, 0.1) is 0 Å². The number of ether oxygens (including phenoxy) is 2. The molecule has 25 heavy (non-hydrogen) atoms. The number of rotatable bonds is 6. The van der Waals surface area contributed by atoms with Crippen molar-refractivity contribution in [2.24, 2.45) is 0 Å². The van der Waals surface area contributed by atoms with E-state index in [1.54, 1.807) is 12.1 Å². The highest BCUT2D eigenvalue weighted by Gasteiger charge is 2.19. The van der Waals surface area contributed by atoms with Crippen LogP contribution in [0.25, 0.3) is 0 Å². The molecule has 0 radical (unpaired) electrons. The molecule has 0 aliphatic carbocycles. The summed E-state index contributed by atoms with van der Waals surface area (Å²) in [5, 5.41) is 0. The second kappa shape index (κ2) is 7.45. The summed E-state index contributed by atoms with van der Waals surface area (Å²) in [6.07, 6.45) is 1.79. The first-order valence-corrected chi connectivity index (χ1v) is 10.0. The van der Waals surface area contributed by atoms with Gasteiger partial charge in [0.05, 0.1) is 4.90 Å². The summed E-state index contributed by atoms with van der Waals surface area (Å²) in [5.74, 6) is 1.05. The van der Waals surface area contributed by atoms with Crippen molar-refractivity contribution in [3.05, 3.63) is 53.1 Å². The number of hydrogen-bond acceptors (Lipinski definition) is 4. The summed E-state index contributed by atoms with van der Waals surface area (Å²) < 4.78 is 38.9. The molecule has 134 valence electrons. The highest BCUT2D eigenvalue weighted by molar-refractivity contribution is 7.89. The van der Waals surface area contributed by atoms with Crippen molar-refractivity contribution in [1.29, 1.82) is 0 Å². The van der Waals surface area contributed by atoms with Gasteiger partial charge >= 0.3 is 0 Å². The van der Waals surface area contributed by atoms with Crippen LogP contribution in [0.4, 0.5) is 0 Å². The van der Waals surface area contributed by atoms with E-state index in [1.165, 1.54) is 11.6 Å². The zero-order valence-corrected chi connectivity index (χ0v) is 15.4. The Bertz CT molecular complexity index is 862. The molecule has 5 nitrogen and oxygen atoms in total. The molecule has 0 bridgehead atoms. The molecule has 6 heteroatoms. The van der Waals surface area contributed by atoms with Gasteiger partial charge in [0.2, 0.25) is 10.0 Å². The topological polar surface area (TPSA) is 64.6 Å².